The summed E-state index contributed by atoms with van der Waals surface area (Å²) >= 11 is 0. The molecular weight excluding hydrogens is 158 g/mol. The fourth-order valence-corrected chi connectivity index (χ4v) is 1.54. The number of hydrogen-bond donors (Lipinski definition) is 0. The van der Waals surface area contributed by atoms with Gasteiger partial charge in [0.25, 0.3) is 0 Å². The third-order valence-electron chi connectivity index (χ3n) is 2.22. The Morgan fingerprint density at radius 2 is 2.08 bits per heavy atom. The molecular formula is C12H13N. The molecule has 1 heteroatoms. The van der Waals surface area contributed by atoms with E-state index >= 15 is 0 Å². The molecule has 0 fully saturated rings. The van der Waals surface area contributed by atoms with Gasteiger partial charge in [-0.05, 0) is 16.5 Å². The van der Waals surface area contributed by atoms with E-state index in [4.69, 9.17) is 0 Å². The van der Waals surface area contributed by atoms with Gasteiger partial charge < -0.3 is 0 Å². The minimum Gasteiger partial charge on any atom is -0.264 e. The lowest BCUT2D eigenvalue weighted by Gasteiger charge is -2.12. The lowest BCUT2D eigenvalue weighted by Crippen LogP contribution is -2.25. The second kappa shape index (κ2) is 2.84. The first-order valence-corrected chi connectivity index (χ1v) is 4.50. The molecule has 0 saturated carbocycles. The van der Waals surface area contributed by atoms with Gasteiger partial charge in [-0.1, -0.05) is 38.2 Å². The van der Waals surface area contributed by atoms with Crippen LogP contribution in [-0.2, 0) is 0 Å². The monoisotopic (exact) mass is 171 g/mol. The molecule has 0 radical (unpaired) electrons. The highest BCUT2D eigenvalue weighted by atomic mass is 14.6. The van der Waals surface area contributed by atoms with Crippen molar-refractivity contribution < 1.29 is 0 Å². The Kier molecular flexibility index (Phi) is 1.80. The quantitative estimate of drug-likeness (QED) is 0.572. The van der Waals surface area contributed by atoms with Gasteiger partial charge in [0.05, 0.1) is 0 Å². The van der Waals surface area contributed by atoms with Gasteiger partial charge in [0, 0.05) is 17.8 Å². The Hall–Kier alpha value is -1.37. The summed E-state index contributed by atoms with van der Waals surface area (Å²) in [5.41, 5.74) is 0.142. The van der Waals surface area contributed by atoms with Crippen LogP contribution in [0, 0.1) is 5.41 Å². The molecule has 0 atom stereocenters. The van der Waals surface area contributed by atoms with E-state index < -0.39 is 0 Å². The maximum Gasteiger partial charge on any atom is 0.0346 e. The molecule has 0 bridgehead atoms. The van der Waals surface area contributed by atoms with Gasteiger partial charge in [0.15, 0.2) is 0 Å². The largest absolute Gasteiger partial charge is 0.264 e. The van der Waals surface area contributed by atoms with Crippen molar-refractivity contribution in [1.29, 1.82) is 0 Å². The van der Waals surface area contributed by atoms with Crippen molar-refractivity contribution in [3.05, 3.63) is 41.0 Å². The molecule has 1 aliphatic rings. The molecule has 1 nitrogen and oxygen atoms in total. The van der Waals surface area contributed by atoms with Crippen molar-refractivity contribution in [2.24, 2.45) is 5.41 Å². The predicted molar refractivity (Wildman–Crippen MR) is 55.3 cm³/mol. The van der Waals surface area contributed by atoms with E-state index in [2.05, 4.69) is 49.2 Å². The van der Waals surface area contributed by atoms with Crippen LogP contribution in [0.25, 0.3) is 12.2 Å². The fourth-order valence-electron chi connectivity index (χ4n) is 1.54. The van der Waals surface area contributed by atoms with E-state index in [0.29, 0.717) is 0 Å². The lowest BCUT2D eigenvalue weighted by atomic mass is 9.92. The Morgan fingerprint density at radius 3 is 2.92 bits per heavy atom. The lowest BCUT2D eigenvalue weighted by molar-refractivity contribution is 0.670. The number of nitrogens with zero attached hydrogens (tertiary/aromatic N) is 1. The summed E-state index contributed by atoms with van der Waals surface area (Å²) in [5, 5.41) is 2.47. The van der Waals surface area contributed by atoms with Crippen molar-refractivity contribution in [3.8, 4) is 0 Å². The van der Waals surface area contributed by atoms with Crippen LogP contribution in [0.5, 0.6) is 0 Å². The smallest absolute Gasteiger partial charge is 0.0346 e. The molecule has 13 heavy (non-hydrogen) atoms. The van der Waals surface area contributed by atoms with Gasteiger partial charge >= 0.3 is 0 Å². The summed E-state index contributed by atoms with van der Waals surface area (Å²) in [6, 6.07) is 2.06. The summed E-state index contributed by atoms with van der Waals surface area (Å²) in [7, 11) is 0. The minimum absolute atomic E-state index is 0.142. The van der Waals surface area contributed by atoms with Crippen molar-refractivity contribution >= 4 is 12.2 Å². The van der Waals surface area contributed by atoms with Crippen LogP contribution in [0.2, 0.25) is 0 Å². The Balaban J connectivity index is 2.77. The standard InChI is InChI=1S/C12H13N/c1-12(2)6-3-4-11-9-13-7-5-10(11)8-12/h3-9H,1-2H3. The maximum atomic E-state index is 4.10. The van der Waals surface area contributed by atoms with E-state index in [9.17, 15) is 0 Å². The first-order chi connectivity index (χ1) is 6.17. The predicted octanol–water partition coefficient (Wildman–Crippen LogP) is 1.24. The molecule has 0 amide bonds. The molecule has 0 saturated heterocycles. The molecule has 1 aromatic rings. The second-order valence-electron chi connectivity index (χ2n) is 4.00. The molecule has 0 unspecified atom stereocenters. The summed E-state index contributed by atoms with van der Waals surface area (Å²) in [6.45, 7) is 4.40. The summed E-state index contributed by atoms with van der Waals surface area (Å²) < 4.78 is 0. The summed E-state index contributed by atoms with van der Waals surface area (Å²) in [6.07, 6.45) is 12.4. The van der Waals surface area contributed by atoms with Crippen molar-refractivity contribution in [3.63, 3.8) is 0 Å². The molecule has 1 heterocycles. The zero-order valence-electron chi connectivity index (χ0n) is 7.99. The van der Waals surface area contributed by atoms with E-state index in [-0.39, 0.29) is 5.41 Å². The van der Waals surface area contributed by atoms with E-state index in [1.54, 1.807) is 0 Å². The van der Waals surface area contributed by atoms with Gasteiger partial charge in [-0.25, -0.2) is 0 Å². The molecule has 1 aliphatic carbocycles. The highest BCUT2D eigenvalue weighted by molar-refractivity contribution is 5.47. The average Bonchev–Trinajstić information content (AvgIpc) is 2.21. The Bertz CT molecular complexity index is 452. The topological polar surface area (TPSA) is 12.9 Å². The van der Waals surface area contributed by atoms with Gasteiger partial charge in [0.1, 0.15) is 0 Å². The van der Waals surface area contributed by atoms with Crippen molar-refractivity contribution in [1.82, 2.24) is 4.98 Å². The van der Waals surface area contributed by atoms with Gasteiger partial charge in [-0.15, -0.1) is 0 Å². The van der Waals surface area contributed by atoms with E-state index in [0.717, 1.165) is 0 Å². The molecule has 0 aliphatic heterocycles. The molecule has 1 aromatic heterocycles. The maximum absolute atomic E-state index is 4.10. The van der Waals surface area contributed by atoms with Gasteiger partial charge in [-0.3, -0.25) is 4.98 Å². The number of fused-ring (bicyclic) bond motifs is 1. The van der Waals surface area contributed by atoms with Crippen LogP contribution in [-0.4, -0.2) is 4.98 Å². The van der Waals surface area contributed by atoms with Crippen LogP contribution < -0.4 is 10.4 Å². The van der Waals surface area contributed by atoms with Crippen LogP contribution in [0.1, 0.15) is 13.8 Å². The van der Waals surface area contributed by atoms with Crippen molar-refractivity contribution in [2.45, 2.75) is 13.8 Å². The number of pyridine rings is 1. The zero-order valence-corrected chi connectivity index (χ0v) is 7.99. The second-order valence-corrected chi connectivity index (χ2v) is 4.00. The SMILES string of the molecule is CC1(C)C=CC=c2cnccc2=C1. The van der Waals surface area contributed by atoms with Crippen LogP contribution >= 0.6 is 0 Å². The first kappa shape index (κ1) is 8.24. The third-order valence-corrected chi connectivity index (χ3v) is 2.22. The molecule has 66 valence electrons. The van der Waals surface area contributed by atoms with E-state index in [1.807, 2.05) is 12.4 Å². The molecule has 0 N–H and O–H groups in total. The Labute approximate surface area is 78.1 Å². The fraction of sp³-hybridized carbons (Fsp3) is 0.250. The van der Waals surface area contributed by atoms with Crippen molar-refractivity contribution in [2.75, 3.05) is 0 Å². The highest BCUT2D eigenvalue weighted by Gasteiger charge is 2.09. The third kappa shape index (κ3) is 1.69. The summed E-state index contributed by atoms with van der Waals surface area (Å²) in [4.78, 5) is 4.10. The number of rotatable bonds is 0. The van der Waals surface area contributed by atoms with Gasteiger partial charge in [-0.2, -0.15) is 0 Å². The number of hydrogen-bond acceptors (Lipinski definition) is 1. The number of allylic oxidation sites excluding steroid dienone is 2. The Morgan fingerprint density at radius 1 is 1.23 bits per heavy atom. The molecule has 2 rings (SSSR count). The highest BCUT2D eigenvalue weighted by Crippen LogP contribution is 2.19. The van der Waals surface area contributed by atoms with Crippen LogP contribution in [0.15, 0.2) is 30.6 Å². The minimum atomic E-state index is 0.142. The molecule has 0 spiro atoms. The normalized spacial score (nSPS) is 18.0. The van der Waals surface area contributed by atoms with E-state index in [1.165, 1.54) is 10.4 Å². The summed E-state index contributed by atoms with van der Waals surface area (Å²) in [5.74, 6) is 0. The van der Waals surface area contributed by atoms with Crippen LogP contribution in [0.3, 0.4) is 0 Å². The first-order valence-electron chi connectivity index (χ1n) is 4.50. The number of aromatic nitrogens is 1. The van der Waals surface area contributed by atoms with Gasteiger partial charge in [0.2, 0.25) is 0 Å². The molecule has 0 aromatic carbocycles. The average molecular weight is 171 g/mol. The van der Waals surface area contributed by atoms with Crippen LogP contribution in [0.4, 0.5) is 0 Å². The zero-order chi connectivity index (χ0) is 9.31.